The molecule has 0 aliphatic carbocycles. The number of rotatable bonds is 4. The van der Waals surface area contributed by atoms with Crippen LogP contribution in [-0.2, 0) is 0 Å². The second-order valence-electron chi connectivity index (χ2n) is 5.51. The van der Waals surface area contributed by atoms with Crippen molar-refractivity contribution < 1.29 is 9.53 Å². The Kier molecular flexibility index (Phi) is 4.30. The van der Waals surface area contributed by atoms with Crippen LogP contribution in [0.5, 0.6) is 11.5 Å². The van der Waals surface area contributed by atoms with E-state index in [2.05, 4.69) is 20.9 Å². The zero-order valence-electron chi connectivity index (χ0n) is 11.5. The number of carbonyl (C=O) groups is 1. The fourth-order valence-electron chi connectivity index (χ4n) is 1.96. The fourth-order valence-corrected chi connectivity index (χ4v) is 6.16. The van der Waals surface area contributed by atoms with E-state index < -0.39 is 18.4 Å². The zero-order chi connectivity index (χ0) is 13.9. The van der Waals surface area contributed by atoms with Crippen molar-refractivity contribution in [3.63, 3.8) is 0 Å². The summed E-state index contributed by atoms with van der Waals surface area (Å²) in [7, 11) is 0. The average molecular weight is 361 g/mol. The Morgan fingerprint density at radius 2 is 1.63 bits per heavy atom. The van der Waals surface area contributed by atoms with E-state index in [1.54, 1.807) is 0 Å². The first-order chi connectivity index (χ1) is 9.02. The molecule has 0 radical (unpaired) electrons. The van der Waals surface area contributed by atoms with Crippen LogP contribution in [0, 0.1) is 0 Å². The fraction of sp³-hybridized carbons (Fsp3) is 0.188. The molecule has 0 aromatic heterocycles. The van der Waals surface area contributed by atoms with Gasteiger partial charge in [-0.25, -0.2) is 0 Å². The minimum atomic E-state index is -2.32. The summed E-state index contributed by atoms with van der Waals surface area (Å²) in [5.41, 5.74) is 0.632. The quantitative estimate of drug-likeness (QED) is 0.611. The normalized spacial score (nSPS) is 11.1. The van der Waals surface area contributed by atoms with Crippen LogP contribution < -0.4 is 8.32 Å². The summed E-state index contributed by atoms with van der Waals surface area (Å²) in [4.78, 5) is 18.2. The van der Waals surface area contributed by atoms with Crippen molar-refractivity contribution in [2.24, 2.45) is 0 Å². The topological polar surface area (TPSA) is 26.3 Å². The Labute approximate surface area is 118 Å². The van der Waals surface area contributed by atoms with Gasteiger partial charge in [-0.3, -0.25) is 0 Å². The number of carbonyl (C=O) groups excluding carboxylic acids is 1. The van der Waals surface area contributed by atoms with Gasteiger partial charge in [0.15, 0.2) is 0 Å². The van der Waals surface area contributed by atoms with Crippen molar-refractivity contribution in [1.29, 1.82) is 0 Å². The summed E-state index contributed by atoms with van der Waals surface area (Å²) < 4.78 is 7.22. The molecule has 2 aromatic rings. The molecule has 0 heterocycles. The second kappa shape index (κ2) is 5.78. The van der Waals surface area contributed by atoms with Crippen LogP contribution in [0.15, 0.2) is 48.5 Å². The van der Waals surface area contributed by atoms with Crippen LogP contribution in [-0.4, -0.2) is 24.7 Å². The molecule has 0 fully saturated rings. The van der Waals surface area contributed by atoms with Gasteiger partial charge in [-0.1, -0.05) is 0 Å². The van der Waals surface area contributed by atoms with Crippen LogP contribution in [0.2, 0.25) is 14.8 Å². The average Bonchev–Trinajstić information content (AvgIpc) is 2.39. The van der Waals surface area contributed by atoms with Gasteiger partial charge in [-0.2, -0.15) is 0 Å². The Balaban J connectivity index is 2.51. The van der Waals surface area contributed by atoms with E-state index in [0.717, 1.165) is 17.8 Å². The third kappa shape index (κ3) is 3.38. The molecule has 2 rings (SSSR count). The van der Waals surface area contributed by atoms with E-state index in [4.69, 9.17) is 4.74 Å². The molecule has 0 unspecified atom stereocenters. The number of aldehydes is 1. The van der Waals surface area contributed by atoms with E-state index in [-0.39, 0.29) is 0 Å². The molecule has 0 atom stereocenters. The second-order valence-corrected chi connectivity index (χ2v) is 19.9. The summed E-state index contributed by atoms with van der Waals surface area (Å²) in [5.74, 6) is 1.51. The van der Waals surface area contributed by atoms with Crippen LogP contribution in [0.1, 0.15) is 10.4 Å². The van der Waals surface area contributed by atoms with E-state index >= 15 is 0 Å². The molecule has 0 amide bonds. The molecule has 0 bridgehead atoms. The number of benzene rings is 2. The zero-order valence-corrected chi connectivity index (χ0v) is 14.4. The first kappa shape index (κ1) is 14.1. The molecule has 0 aliphatic heterocycles. The summed E-state index contributed by atoms with van der Waals surface area (Å²) in [6.45, 7) is 0. The van der Waals surface area contributed by atoms with E-state index in [9.17, 15) is 4.79 Å². The molecule has 2 nitrogen and oxygen atoms in total. The monoisotopic (exact) mass is 362 g/mol. The van der Waals surface area contributed by atoms with Gasteiger partial charge >= 0.3 is 118 Å². The number of hydrogen-bond acceptors (Lipinski definition) is 2. The molecule has 2 aromatic carbocycles. The molecule has 0 saturated heterocycles. The Morgan fingerprint density at radius 3 is 2.21 bits per heavy atom. The summed E-state index contributed by atoms with van der Waals surface area (Å²) in [6, 6.07) is 15.5. The Hall–Kier alpha value is -1.29. The predicted octanol–water partition coefficient (Wildman–Crippen LogP) is 3.84. The van der Waals surface area contributed by atoms with Gasteiger partial charge in [0.05, 0.1) is 0 Å². The molecular weight excluding hydrogens is 343 g/mol. The van der Waals surface area contributed by atoms with Crippen LogP contribution >= 0.6 is 0 Å². The molecule has 3 heteroatoms. The third-order valence-corrected chi connectivity index (χ3v) is 8.68. The van der Waals surface area contributed by atoms with E-state index in [1.165, 1.54) is 3.58 Å². The first-order valence-corrected chi connectivity index (χ1v) is 16.3. The van der Waals surface area contributed by atoms with Gasteiger partial charge in [-0.05, 0) is 0 Å². The molecule has 0 saturated carbocycles. The predicted molar refractivity (Wildman–Crippen MR) is 81.3 cm³/mol. The van der Waals surface area contributed by atoms with E-state index in [0.29, 0.717) is 5.56 Å². The van der Waals surface area contributed by atoms with Gasteiger partial charge in [0.25, 0.3) is 0 Å². The van der Waals surface area contributed by atoms with Gasteiger partial charge in [-0.15, -0.1) is 0 Å². The molecule has 0 spiro atoms. The van der Waals surface area contributed by atoms with Crippen LogP contribution in [0.4, 0.5) is 0 Å². The van der Waals surface area contributed by atoms with Crippen molar-refractivity contribution in [2.75, 3.05) is 0 Å². The van der Waals surface area contributed by atoms with Crippen molar-refractivity contribution in [3.05, 3.63) is 54.1 Å². The number of para-hydroxylation sites is 2. The minimum absolute atomic E-state index is 0.632. The van der Waals surface area contributed by atoms with E-state index in [1.807, 2.05) is 42.5 Å². The SMILES string of the molecule is [CH3][Sn]([CH3])([CH3])[c]1cccc(C=O)c1Oc1ccccc1. The van der Waals surface area contributed by atoms with Crippen molar-refractivity contribution in [3.8, 4) is 11.5 Å². The van der Waals surface area contributed by atoms with Gasteiger partial charge < -0.3 is 0 Å². The van der Waals surface area contributed by atoms with Crippen LogP contribution in [0.3, 0.4) is 0 Å². The molecule has 0 N–H and O–H groups in total. The van der Waals surface area contributed by atoms with Gasteiger partial charge in [0, 0.05) is 0 Å². The summed E-state index contributed by atoms with van der Waals surface area (Å²) in [5, 5.41) is 0. The first-order valence-electron chi connectivity index (χ1n) is 6.34. The third-order valence-electron chi connectivity index (χ3n) is 2.94. The standard InChI is InChI=1S/C13H9O2.3CH3.Sn/c14-10-11-6-4-5-9-13(11)15-12-7-2-1-3-8-12;;;;/h1-8,10H;3*1H3;. The maximum atomic E-state index is 11.2. The Bertz CT molecular complexity index is 571. The number of hydrogen-bond donors (Lipinski definition) is 0. The Morgan fingerprint density at radius 1 is 0.947 bits per heavy atom. The van der Waals surface area contributed by atoms with Gasteiger partial charge in [0.1, 0.15) is 0 Å². The van der Waals surface area contributed by atoms with Crippen LogP contribution in [0.25, 0.3) is 0 Å². The molecule has 19 heavy (non-hydrogen) atoms. The van der Waals surface area contributed by atoms with Crippen molar-refractivity contribution in [2.45, 2.75) is 14.8 Å². The molecule has 0 aliphatic rings. The van der Waals surface area contributed by atoms with Crippen molar-refractivity contribution in [1.82, 2.24) is 0 Å². The molecular formula is C16H18O2Sn. The number of ether oxygens (including phenoxy) is 1. The summed E-state index contributed by atoms with van der Waals surface area (Å²) in [6.07, 6.45) is 0.874. The molecule has 98 valence electrons. The summed E-state index contributed by atoms with van der Waals surface area (Å²) >= 11 is -2.32. The maximum absolute atomic E-state index is 11.2. The van der Waals surface area contributed by atoms with Crippen molar-refractivity contribution >= 4 is 28.2 Å². The van der Waals surface area contributed by atoms with Gasteiger partial charge in [0.2, 0.25) is 0 Å².